The first-order valence-corrected chi connectivity index (χ1v) is 6.63. The fourth-order valence-electron chi connectivity index (χ4n) is 1.67. The van der Waals surface area contributed by atoms with E-state index in [1.54, 1.807) is 7.05 Å². The summed E-state index contributed by atoms with van der Waals surface area (Å²) in [6.07, 6.45) is 0.501. The molecular weight excluding hydrogens is 256 g/mol. The minimum atomic E-state index is -0.848. The Balaban J connectivity index is 2.73. The highest BCUT2D eigenvalue weighted by Gasteiger charge is 2.15. The van der Waals surface area contributed by atoms with Crippen LogP contribution in [0.15, 0.2) is 29.4 Å². The van der Waals surface area contributed by atoms with E-state index in [0.29, 0.717) is 6.42 Å². The van der Waals surface area contributed by atoms with E-state index in [-0.39, 0.29) is 6.10 Å². The van der Waals surface area contributed by atoms with Crippen LogP contribution in [0.4, 0.5) is 0 Å². The van der Waals surface area contributed by atoms with Crippen LogP contribution in [0.1, 0.15) is 31.9 Å². The molecule has 0 aromatic heterocycles. The summed E-state index contributed by atoms with van der Waals surface area (Å²) in [6, 6.07) is 7.10. The molecule has 5 heteroatoms. The molecule has 1 aromatic rings. The number of carboxylic acid groups (broad SMARTS) is 1. The molecule has 0 bridgehead atoms. The number of nitrogens with one attached hydrogen (secondary N) is 1. The fraction of sp³-hybridized carbons (Fsp3) is 0.467. The monoisotopic (exact) mass is 278 g/mol. The van der Waals surface area contributed by atoms with E-state index in [2.05, 4.69) is 10.5 Å². The van der Waals surface area contributed by atoms with Gasteiger partial charge in [0, 0.05) is 0 Å². The molecule has 0 fully saturated rings. The van der Waals surface area contributed by atoms with Gasteiger partial charge in [0.2, 0.25) is 0 Å². The van der Waals surface area contributed by atoms with Crippen LogP contribution in [0.3, 0.4) is 0 Å². The molecule has 0 aliphatic carbocycles. The summed E-state index contributed by atoms with van der Waals surface area (Å²) in [7, 11) is 1.65. The van der Waals surface area contributed by atoms with Gasteiger partial charge < -0.3 is 15.3 Å². The van der Waals surface area contributed by atoms with Crippen molar-refractivity contribution in [2.45, 2.75) is 39.3 Å². The van der Waals surface area contributed by atoms with Crippen LogP contribution in [0.2, 0.25) is 0 Å². The Hall–Kier alpha value is -1.88. The highest BCUT2D eigenvalue weighted by molar-refractivity contribution is 5.98. The van der Waals surface area contributed by atoms with E-state index >= 15 is 0 Å². The summed E-state index contributed by atoms with van der Waals surface area (Å²) in [6.45, 7) is 5.72. The van der Waals surface area contributed by atoms with Crippen LogP contribution in [0.25, 0.3) is 0 Å². The van der Waals surface area contributed by atoms with E-state index in [9.17, 15) is 4.79 Å². The van der Waals surface area contributed by atoms with Gasteiger partial charge in [0.1, 0.15) is 12.1 Å². The summed E-state index contributed by atoms with van der Waals surface area (Å²) in [4.78, 5) is 16.2. The Morgan fingerprint density at radius 1 is 1.35 bits per heavy atom. The minimum absolute atomic E-state index is 0.0520. The Labute approximate surface area is 119 Å². The van der Waals surface area contributed by atoms with Gasteiger partial charge in [0.25, 0.3) is 0 Å². The maximum Gasteiger partial charge on any atom is 0.321 e. The molecule has 0 radical (unpaired) electrons. The summed E-state index contributed by atoms with van der Waals surface area (Å²) < 4.78 is 0. The molecule has 1 aromatic carbocycles. The highest BCUT2D eigenvalue weighted by atomic mass is 16.6. The van der Waals surface area contributed by atoms with Gasteiger partial charge in [-0.3, -0.25) is 4.79 Å². The van der Waals surface area contributed by atoms with Crippen LogP contribution in [-0.2, 0) is 16.1 Å². The molecule has 110 valence electrons. The van der Waals surface area contributed by atoms with Crippen LogP contribution in [0.5, 0.6) is 0 Å². The normalized spacial score (nSPS) is 13.3. The van der Waals surface area contributed by atoms with Gasteiger partial charge in [-0.25, -0.2) is 0 Å². The van der Waals surface area contributed by atoms with E-state index in [1.807, 2.05) is 45.0 Å². The Morgan fingerprint density at radius 2 is 1.95 bits per heavy atom. The SMILES string of the molecule is CNC(Cc1ccc(/C(C)=N\OC(C)C)cc1)C(=O)O. The largest absolute Gasteiger partial charge is 0.480 e. The third kappa shape index (κ3) is 5.01. The van der Waals surface area contributed by atoms with Gasteiger partial charge in [0.15, 0.2) is 0 Å². The maximum atomic E-state index is 11.0. The van der Waals surface area contributed by atoms with Crippen molar-refractivity contribution in [3.8, 4) is 0 Å². The van der Waals surface area contributed by atoms with E-state index in [0.717, 1.165) is 16.8 Å². The molecule has 0 amide bonds. The molecule has 0 saturated heterocycles. The first kappa shape index (κ1) is 16.2. The summed E-state index contributed by atoms with van der Waals surface area (Å²) in [5.74, 6) is -0.848. The number of nitrogens with zero attached hydrogens (tertiary/aromatic N) is 1. The zero-order valence-corrected chi connectivity index (χ0v) is 12.4. The van der Waals surface area contributed by atoms with Crippen molar-refractivity contribution in [1.29, 1.82) is 0 Å². The number of hydrogen-bond acceptors (Lipinski definition) is 4. The third-order valence-corrected chi connectivity index (χ3v) is 2.86. The van der Waals surface area contributed by atoms with Gasteiger partial charge in [-0.1, -0.05) is 29.4 Å². The summed E-state index contributed by atoms with van der Waals surface area (Å²) in [5.41, 5.74) is 2.73. The Kier molecular flexibility index (Phi) is 6.18. The molecule has 2 N–H and O–H groups in total. The van der Waals surface area contributed by atoms with Crippen molar-refractivity contribution >= 4 is 11.7 Å². The molecule has 0 aliphatic rings. The molecule has 0 saturated carbocycles. The summed E-state index contributed by atoms with van der Waals surface area (Å²) in [5, 5.41) is 15.8. The Bertz CT molecular complexity index is 467. The second kappa shape index (κ2) is 7.65. The number of carbonyl (C=O) groups is 1. The second-order valence-corrected chi connectivity index (χ2v) is 4.91. The van der Waals surface area contributed by atoms with Crippen molar-refractivity contribution in [2.75, 3.05) is 7.05 Å². The second-order valence-electron chi connectivity index (χ2n) is 4.91. The zero-order chi connectivity index (χ0) is 15.1. The predicted molar refractivity (Wildman–Crippen MR) is 79.1 cm³/mol. The zero-order valence-electron chi connectivity index (χ0n) is 12.4. The number of oxime groups is 1. The molecule has 1 atom stereocenters. The molecule has 5 nitrogen and oxygen atoms in total. The van der Waals surface area contributed by atoms with Crippen molar-refractivity contribution in [3.05, 3.63) is 35.4 Å². The van der Waals surface area contributed by atoms with Crippen molar-refractivity contribution < 1.29 is 14.7 Å². The lowest BCUT2D eigenvalue weighted by molar-refractivity contribution is -0.139. The third-order valence-electron chi connectivity index (χ3n) is 2.86. The number of benzene rings is 1. The highest BCUT2D eigenvalue weighted by Crippen LogP contribution is 2.09. The van der Waals surface area contributed by atoms with Crippen molar-refractivity contribution in [3.63, 3.8) is 0 Å². The lowest BCUT2D eigenvalue weighted by Gasteiger charge is -2.11. The number of carboxylic acids is 1. The number of likely N-dealkylation sites (N-methyl/N-ethyl adjacent to an activating group) is 1. The van der Waals surface area contributed by atoms with Crippen molar-refractivity contribution in [1.82, 2.24) is 5.32 Å². The lowest BCUT2D eigenvalue weighted by atomic mass is 10.0. The average molecular weight is 278 g/mol. The molecule has 1 unspecified atom stereocenters. The number of hydrogen-bond donors (Lipinski definition) is 2. The standard InChI is InChI=1S/C15H22N2O3/c1-10(2)20-17-11(3)13-7-5-12(6-8-13)9-14(16-4)15(18)19/h5-8,10,14,16H,9H2,1-4H3,(H,18,19)/b17-11-. The van der Waals surface area contributed by atoms with Crippen molar-refractivity contribution in [2.24, 2.45) is 5.16 Å². The lowest BCUT2D eigenvalue weighted by Crippen LogP contribution is -2.35. The smallest absolute Gasteiger partial charge is 0.321 e. The molecule has 0 heterocycles. The van der Waals surface area contributed by atoms with Crippen LogP contribution < -0.4 is 5.32 Å². The molecule has 1 rings (SSSR count). The van der Waals surface area contributed by atoms with Gasteiger partial charge in [0.05, 0.1) is 5.71 Å². The first-order chi connectivity index (χ1) is 9.43. The number of aliphatic carboxylic acids is 1. The number of rotatable bonds is 7. The van der Waals surface area contributed by atoms with Gasteiger partial charge in [-0.15, -0.1) is 0 Å². The van der Waals surface area contributed by atoms with Crippen LogP contribution >= 0.6 is 0 Å². The van der Waals surface area contributed by atoms with Gasteiger partial charge in [-0.05, 0) is 45.4 Å². The quantitative estimate of drug-likeness (QED) is 0.591. The van der Waals surface area contributed by atoms with E-state index in [4.69, 9.17) is 9.94 Å². The predicted octanol–water partition coefficient (Wildman–Crippen LogP) is 2.05. The molecule has 20 heavy (non-hydrogen) atoms. The van der Waals surface area contributed by atoms with Gasteiger partial charge >= 0.3 is 5.97 Å². The minimum Gasteiger partial charge on any atom is -0.480 e. The summed E-state index contributed by atoms with van der Waals surface area (Å²) >= 11 is 0. The van der Waals surface area contributed by atoms with Crippen LogP contribution in [0, 0.1) is 0 Å². The molecule has 0 aliphatic heterocycles. The van der Waals surface area contributed by atoms with E-state index < -0.39 is 12.0 Å². The molecular formula is C15H22N2O3. The average Bonchev–Trinajstić information content (AvgIpc) is 2.42. The van der Waals surface area contributed by atoms with E-state index in [1.165, 1.54) is 0 Å². The first-order valence-electron chi connectivity index (χ1n) is 6.63. The maximum absolute atomic E-state index is 11.0. The van der Waals surface area contributed by atoms with Crippen LogP contribution in [-0.4, -0.2) is 36.0 Å². The fourth-order valence-corrected chi connectivity index (χ4v) is 1.67. The van der Waals surface area contributed by atoms with Gasteiger partial charge in [-0.2, -0.15) is 0 Å². The molecule has 0 spiro atoms. The topological polar surface area (TPSA) is 70.9 Å². The Morgan fingerprint density at radius 3 is 2.40 bits per heavy atom.